The number of benzene rings is 2. The molecule has 0 amide bonds. The molecule has 0 bridgehead atoms. The summed E-state index contributed by atoms with van der Waals surface area (Å²) in [7, 11) is 0. The average Bonchev–Trinajstić information content (AvgIpc) is 3.37. The van der Waals surface area contributed by atoms with Crippen LogP contribution in [0.1, 0.15) is 15.9 Å². The van der Waals surface area contributed by atoms with Crippen molar-refractivity contribution in [3.05, 3.63) is 84.1 Å². The van der Waals surface area contributed by atoms with Crippen LogP contribution >= 0.6 is 11.8 Å². The summed E-state index contributed by atoms with van der Waals surface area (Å²) in [6.07, 6.45) is 1.61. The lowest BCUT2D eigenvalue weighted by Gasteiger charge is -2.11. The Morgan fingerprint density at radius 1 is 1.00 bits per heavy atom. The normalized spacial score (nSPS) is 10.9. The second-order valence-corrected chi connectivity index (χ2v) is 6.93. The van der Waals surface area contributed by atoms with Gasteiger partial charge in [0.25, 0.3) is 0 Å². The quantitative estimate of drug-likeness (QED) is 0.357. The first-order valence-corrected chi connectivity index (χ1v) is 9.49. The number of carbonyl (C=O) groups is 1. The standard InChI is InChI=1S/C21H17N3O2S/c1-15-8-5-6-11-17(15)24-20(19-12-7-13-26-19)22-23-21(24)27-14-18(25)16-9-3-2-4-10-16/h2-13H,14H2,1H3. The zero-order chi connectivity index (χ0) is 18.6. The average molecular weight is 375 g/mol. The van der Waals surface area contributed by atoms with Crippen molar-refractivity contribution in [1.29, 1.82) is 0 Å². The van der Waals surface area contributed by atoms with Gasteiger partial charge in [-0.1, -0.05) is 60.3 Å². The molecular formula is C21H17N3O2S. The maximum atomic E-state index is 12.5. The maximum absolute atomic E-state index is 12.5. The van der Waals surface area contributed by atoms with Gasteiger partial charge < -0.3 is 4.42 Å². The number of Topliss-reactive ketones (excluding diaryl/α,β-unsaturated/α-hetero) is 1. The largest absolute Gasteiger partial charge is 0.461 e. The minimum absolute atomic E-state index is 0.0551. The summed E-state index contributed by atoms with van der Waals surface area (Å²) in [5.74, 6) is 1.59. The van der Waals surface area contributed by atoms with E-state index in [1.807, 2.05) is 78.2 Å². The summed E-state index contributed by atoms with van der Waals surface area (Å²) < 4.78 is 7.47. The molecule has 0 spiro atoms. The first-order chi connectivity index (χ1) is 13.2. The molecule has 0 atom stereocenters. The number of furan rings is 1. The fraction of sp³-hybridized carbons (Fsp3) is 0.0952. The number of hydrogen-bond donors (Lipinski definition) is 0. The number of aromatic nitrogens is 3. The highest BCUT2D eigenvalue weighted by Crippen LogP contribution is 2.29. The molecule has 4 rings (SSSR count). The lowest BCUT2D eigenvalue weighted by atomic mass is 10.2. The third kappa shape index (κ3) is 3.57. The molecule has 0 saturated carbocycles. The molecule has 2 aromatic carbocycles. The molecule has 0 saturated heterocycles. The molecule has 2 heterocycles. The molecule has 134 valence electrons. The fourth-order valence-electron chi connectivity index (χ4n) is 2.80. The number of hydrogen-bond acceptors (Lipinski definition) is 5. The van der Waals surface area contributed by atoms with Crippen LogP contribution in [0.5, 0.6) is 0 Å². The summed E-state index contributed by atoms with van der Waals surface area (Å²) in [6.45, 7) is 2.03. The van der Waals surface area contributed by atoms with E-state index in [2.05, 4.69) is 10.2 Å². The van der Waals surface area contributed by atoms with Crippen molar-refractivity contribution in [2.24, 2.45) is 0 Å². The van der Waals surface area contributed by atoms with Gasteiger partial charge in [-0.25, -0.2) is 0 Å². The molecule has 5 nitrogen and oxygen atoms in total. The zero-order valence-electron chi connectivity index (χ0n) is 14.7. The van der Waals surface area contributed by atoms with Crippen LogP contribution in [0.3, 0.4) is 0 Å². The first kappa shape index (κ1) is 17.3. The second kappa shape index (κ2) is 7.63. The number of para-hydroxylation sites is 1. The highest BCUT2D eigenvalue weighted by molar-refractivity contribution is 7.99. The van der Waals surface area contributed by atoms with Gasteiger partial charge in [0.15, 0.2) is 16.7 Å². The van der Waals surface area contributed by atoms with Gasteiger partial charge in [-0.05, 0) is 30.7 Å². The zero-order valence-corrected chi connectivity index (χ0v) is 15.5. The number of rotatable bonds is 6. The Morgan fingerprint density at radius 3 is 2.52 bits per heavy atom. The number of aryl methyl sites for hydroxylation is 1. The Morgan fingerprint density at radius 2 is 1.78 bits per heavy atom. The van der Waals surface area contributed by atoms with E-state index in [1.54, 1.807) is 6.26 Å². The van der Waals surface area contributed by atoms with Crippen LogP contribution in [-0.4, -0.2) is 26.3 Å². The Bertz CT molecular complexity index is 1060. The van der Waals surface area contributed by atoms with Crippen LogP contribution in [0.2, 0.25) is 0 Å². The van der Waals surface area contributed by atoms with Crippen molar-refractivity contribution in [2.75, 3.05) is 5.75 Å². The van der Waals surface area contributed by atoms with E-state index in [0.717, 1.165) is 11.3 Å². The molecule has 6 heteroatoms. The molecule has 0 radical (unpaired) electrons. The third-order valence-corrected chi connectivity index (χ3v) is 5.09. The van der Waals surface area contributed by atoms with E-state index in [4.69, 9.17) is 4.42 Å². The molecule has 0 unspecified atom stereocenters. The van der Waals surface area contributed by atoms with Crippen LogP contribution in [-0.2, 0) is 0 Å². The lowest BCUT2D eigenvalue weighted by molar-refractivity contribution is 0.102. The van der Waals surface area contributed by atoms with Crippen LogP contribution in [0.4, 0.5) is 0 Å². The number of carbonyl (C=O) groups excluding carboxylic acids is 1. The molecule has 0 aliphatic carbocycles. The topological polar surface area (TPSA) is 60.9 Å². The predicted octanol–water partition coefficient (Wildman–Crippen LogP) is 4.81. The molecule has 27 heavy (non-hydrogen) atoms. The first-order valence-electron chi connectivity index (χ1n) is 8.50. The number of ketones is 1. The Hall–Kier alpha value is -3.12. The van der Waals surface area contributed by atoms with Gasteiger partial charge >= 0.3 is 0 Å². The van der Waals surface area contributed by atoms with E-state index in [9.17, 15) is 4.79 Å². The van der Waals surface area contributed by atoms with E-state index in [0.29, 0.717) is 22.3 Å². The van der Waals surface area contributed by atoms with Gasteiger partial charge in [-0.15, -0.1) is 10.2 Å². The lowest BCUT2D eigenvalue weighted by Crippen LogP contribution is -2.05. The van der Waals surface area contributed by atoms with E-state index in [1.165, 1.54) is 11.8 Å². The van der Waals surface area contributed by atoms with Gasteiger partial charge in [-0.2, -0.15) is 0 Å². The molecule has 0 N–H and O–H groups in total. The van der Waals surface area contributed by atoms with E-state index < -0.39 is 0 Å². The molecule has 0 aliphatic rings. The Balaban J connectivity index is 1.69. The van der Waals surface area contributed by atoms with Crippen molar-refractivity contribution in [3.63, 3.8) is 0 Å². The monoisotopic (exact) mass is 375 g/mol. The van der Waals surface area contributed by atoms with Crippen LogP contribution in [0.15, 0.2) is 82.6 Å². The Kier molecular flexibility index (Phi) is 4.89. The van der Waals surface area contributed by atoms with Gasteiger partial charge in [0.1, 0.15) is 0 Å². The number of thioether (sulfide) groups is 1. The minimum Gasteiger partial charge on any atom is -0.461 e. The highest BCUT2D eigenvalue weighted by atomic mass is 32.2. The van der Waals surface area contributed by atoms with Crippen LogP contribution in [0.25, 0.3) is 17.3 Å². The SMILES string of the molecule is Cc1ccccc1-n1c(SCC(=O)c2ccccc2)nnc1-c1ccco1. The maximum Gasteiger partial charge on any atom is 0.205 e. The molecule has 4 aromatic rings. The molecular weight excluding hydrogens is 358 g/mol. The molecule has 0 fully saturated rings. The summed E-state index contributed by atoms with van der Waals surface area (Å²) >= 11 is 1.37. The number of nitrogens with zero attached hydrogens (tertiary/aromatic N) is 3. The van der Waals surface area contributed by atoms with Crippen molar-refractivity contribution in [1.82, 2.24) is 14.8 Å². The second-order valence-electron chi connectivity index (χ2n) is 5.98. The van der Waals surface area contributed by atoms with Gasteiger partial charge in [0, 0.05) is 5.56 Å². The smallest absolute Gasteiger partial charge is 0.205 e. The molecule has 2 aromatic heterocycles. The van der Waals surface area contributed by atoms with Gasteiger partial charge in [0.2, 0.25) is 5.82 Å². The van der Waals surface area contributed by atoms with Gasteiger partial charge in [0.05, 0.1) is 17.7 Å². The summed E-state index contributed by atoms with van der Waals surface area (Å²) in [6, 6.07) is 20.9. The predicted molar refractivity (Wildman–Crippen MR) is 105 cm³/mol. The third-order valence-electron chi connectivity index (χ3n) is 4.16. The highest BCUT2D eigenvalue weighted by Gasteiger charge is 2.20. The van der Waals surface area contributed by atoms with Crippen molar-refractivity contribution >= 4 is 17.5 Å². The van der Waals surface area contributed by atoms with E-state index in [-0.39, 0.29) is 11.5 Å². The summed E-state index contributed by atoms with van der Waals surface area (Å²) in [5.41, 5.74) is 2.74. The molecule has 0 aliphatic heterocycles. The van der Waals surface area contributed by atoms with Crippen LogP contribution < -0.4 is 0 Å². The van der Waals surface area contributed by atoms with Crippen molar-refractivity contribution < 1.29 is 9.21 Å². The van der Waals surface area contributed by atoms with Gasteiger partial charge in [-0.3, -0.25) is 9.36 Å². The summed E-state index contributed by atoms with van der Waals surface area (Å²) in [5, 5.41) is 9.29. The Labute approximate surface area is 161 Å². The van der Waals surface area contributed by atoms with Crippen molar-refractivity contribution in [3.8, 4) is 17.3 Å². The van der Waals surface area contributed by atoms with Crippen molar-refractivity contribution in [2.45, 2.75) is 12.1 Å². The van der Waals surface area contributed by atoms with Crippen LogP contribution in [0, 0.1) is 6.92 Å². The fourth-order valence-corrected chi connectivity index (χ4v) is 3.64. The summed E-state index contributed by atoms with van der Waals surface area (Å²) in [4.78, 5) is 12.5. The van der Waals surface area contributed by atoms with E-state index >= 15 is 0 Å². The minimum atomic E-state index is 0.0551.